The van der Waals surface area contributed by atoms with Crippen LogP contribution in [0.15, 0.2) is 5.16 Å². The van der Waals surface area contributed by atoms with E-state index in [-0.39, 0.29) is 11.5 Å². The van der Waals surface area contributed by atoms with Crippen molar-refractivity contribution in [2.75, 3.05) is 0 Å². The first-order valence-electron chi connectivity index (χ1n) is 4.16. The van der Waals surface area contributed by atoms with E-state index in [1.54, 1.807) is 0 Å². The van der Waals surface area contributed by atoms with Crippen LogP contribution in [0.5, 0.6) is 0 Å². The van der Waals surface area contributed by atoms with Crippen LogP contribution in [0.4, 0.5) is 0 Å². The second-order valence-corrected chi connectivity index (χ2v) is 3.92. The van der Waals surface area contributed by atoms with Crippen LogP contribution in [0.1, 0.15) is 41.0 Å². The van der Waals surface area contributed by atoms with Gasteiger partial charge in [0, 0.05) is 11.6 Å². The minimum Gasteiger partial charge on any atom is -0.393 e. The van der Waals surface area contributed by atoms with Crippen LogP contribution >= 0.6 is 0 Å². The quantitative estimate of drug-likeness (QED) is 0.456. The maximum absolute atomic E-state index is 5.14. The third-order valence-electron chi connectivity index (χ3n) is 1.26. The fourth-order valence-corrected chi connectivity index (χ4v) is 0.367. The average Bonchev–Trinajstić information content (AvgIpc) is 1.85. The lowest BCUT2D eigenvalue weighted by atomic mass is 10.00. The van der Waals surface area contributed by atoms with E-state index in [1.165, 1.54) is 0 Å². The Balaban J connectivity index is 3.61. The molecule has 0 heterocycles. The van der Waals surface area contributed by atoms with Crippen molar-refractivity contribution in [3.63, 3.8) is 0 Å². The lowest BCUT2D eigenvalue weighted by Gasteiger charge is -2.11. The van der Waals surface area contributed by atoms with E-state index in [9.17, 15) is 0 Å². The molecule has 0 aromatic carbocycles. The molecular weight excluding hydrogens is 138 g/mol. The van der Waals surface area contributed by atoms with Crippen molar-refractivity contribution in [3.8, 4) is 0 Å². The zero-order valence-electron chi connectivity index (χ0n) is 8.22. The number of hydrogen-bond donors (Lipinski definition) is 0. The van der Waals surface area contributed by atoms with Gasteiger partial charge in [-0.15, -0.1) is 0 Å². The molecule has 11 heavy (non-hydrogen) atoms. The Bertz CT molecular complexity index is 124. The van der Waals surface area contributed by atoms with Crippen LogP contribution < -0.4 is 0 Å². The Morgan fingerprint density at radius 3 is 2.36 bits per heavy atom. The molecule has 2 nitrogen and oxygen atoms in total. The van der Waals surface area contributed by atoms with Crippen molar-refractivity contribution in [1.29, 1.82) is 0 Å². The third kappa shape index (κ3) is 7.37. The topological polar surface area (TPSA) is 21.6 Å². The van der Waals surface area contributed by atoms with Gasteiger partial charge in [0.2, 0.25) is 0 Å². The molecule has 0 bridgehead atoms. The Morgan fingerprint density at radius 2 is 2.00 bits per heavy atom. The minimum absolute atomic E-state index is 0.119. The summed E-state index contributed by atoms with van der Waals surface area (Å²) in [6.45, 7) is 10.4. The minimum atomic E-state index is 0.119. The number of rotatable bonds is 3. The summed E-state index contributed by atoms with van der Waals surface area (Å²) < 4.78 is 0. The molecule has 0 aliphatic carbocycles. The molecule has 0 amide bonds. The highest BCUT2D eigenvalue weighted by Gasteiger charge is 2.05. The molecular formula is C9H19NO. The van der Waals surface area contributed by atoms with Gasteiger partial charge in [0.25, 0.3) is 0 Å². The molecule has 1 unspecified atom stereocenters. The number of hydrogen-bond acceptors (Lipinski definition) is 2. The van der Waals surface area contributed by atoms with Gasteiger partial charge in [0.05, 0.1) is 0 Å². The highest BCUT2D eigenvalue weighted by atomic mass is 16.6. The van der Waals surface area contributed by atoms with Crippen LogP contribution in [0.25, 0.3) is 0 Å². The van der Waals surface area contributed by atoms with Crippen LogP contribution in [-0.4, -0.2) is 12.3 Å². The summed E-state index contributed by atoms with van der Waals surface area (Å²) in [6.07, 6.45) is 3.06. The summed E-state index contributed by atoms with van der Waals surface area (Å²) in [7, 11) is 0. The van der Waals surface area contributed by atoms with Gasteiger partial charge >= 0.3 is 0 Å². The third-order valence-corrected chi connectivity index (χ3v) is 1.26. The Labute approximate surface area is 69.6 Å². The molecule has 0 aliphatic heterocycles. The first kappa shape index (κ1) is 10.5. The average molecular weight is 157 g/mol. The molecule has 1 atom stereocenters. The smallest absolute Gasteiger partial charge is 0.124 e. The molecule has 0 radical (unpaired) electrons. The Morgan fingerprint density at radius 1 is 1.45 bits per heavy atom. The highest BCUT2D eigenvalue weighted by molar-refractivity contribution is 5.63. The molecule has 2 heteroatoms. The van der Waals surface area contributed by atoms with Gasteiger partial charge in [-0.2, -0.15) is 0 Å². The van der Waals surface area contributed by atoms with Gasteiger partial charge in [-0.05, 0) is 13.3 Å². The Hall–Kier alpha value is -0.530. The molecule has 0 saturated heterocycles. The monoisotopic (exact) mass is 157 g/mol. The zero-order valence-corrected chi connectivity index (χ0v) is 8.22. The van der Waals surface area contributed by atoms with Gasteiger partial charge in [-0.1, -0.05) is 32.9 Å². The van der Waals surface area contributed by atoms with Crippen molar-refractivity contribution >= 4 is 6.21 Å². The van der Waals surface area contributed by atoms with E-state index in [2.05, 4.69) is 32.9 Å². The fourth-order valence-electron chi connectivity index (χ4n) is 0.367. The maximum Gasteiger partial charge on any atom is 0.124 e. The van der Waals surface area contributed by atoms with Gasteiger partial charge in [-0.25, -0.2) is 0 Å². The van der Waals surface area contributed by atoms with Crippen LogP contribution in [-0.2, 0) is 4.84 Å². The predicted molar refractivity (Wildman–Crippen MR) is 48.8 cm³/mol. The molecule has 0 spiro atoms. The van der Waals surface area contributed by atoms with Crippen molar-refractivity contribution in [2.24, 2.45) is 10.6 Å². The summed E-state index contributed by atoms with van der Waals surface area (Å²) in [5, 5.41) is 3.89. The summed E-state index contributed by atoms with van der Waals surface area (Å²) >= 11 is 0. The molecule has 0 N–H and O–H groups in total. The number of oxime groups is 1. The molecule has 0 aliphatic rings. The van der Waals surface area contributed by atoms with Gasteiger partial charge in [-0.3, -0.25) is 0 Å². The standard InChI is InChI=1S/C9H19NO/c1-6-8(2)11-10-7-9(3,4)5/h7-8H,6H2,1-5H3. The second kappa shape index (κ2) is 4.37. The molecule has 66 valence electrons. The second-order valence-electron chi connectivity index (χ2n) is 3.92. The SMILES string of the molecule is CCC(C)ON=CC(C)(C)C. The van der Waals surface area contributed by atoms with Gasteiger partial charge < -0.3 is 4.84 Å². The summed E-state index contributed by atoms with van der Waals surface area (Å²) in [5.74, 6) is 0. The van der Waals surface area contributed by atoms with Gasteiger partial charge in [0.15, 0.2) is 0 Å². The summed E-state index contributed by atoms with van der Waals surface area (Å²) in [4.78, 5) is 5.14. The van der Waals surface area contributed by atoms with Crippen molar-refractivity contribution in [3.05, 3.63) is 0 Å². The van der Waals surface area contributed by atoms with Crippen molar-refractivity contribution < 1.29 is 4.84 Å². The lowest BCUT2D eigenvalue weighted by molar-refractivity contribution is 0.0695. The zero-order chi connectivity index (χ0) is 8.91. The maximum atomic E-state index is 5.14. The first-order valence-corrected chi connectivity index (χ1v) is 4.16. The van der Waals surface area contributed by atoms with E-state index in [0.29, 0.717) is 0 Å². The largest absolute Gasteiger partial charge is 0.393 e. The summed E-state index contributed by atoms with van der Waals surface area (Å²) in [5.41, 5.74) is 0.119. The van der Waals surface area contributed by atoms with Crippen LogP contribution in [0, 0.1) is 5.41 Å². The van der Waals surface area contributed by atoms with Crippen LogP contribution in [0.3, 0.4) is 0 Å². The van der Waals surface area contributed by atoms with E-state index >= 15 is 0 Å². The van der Waals surface area contributed by atoms with Crippen molar-refractivity contribution in [2.45, 2.75) is 47.1 Å². The van der Waals surface area contributed by atoms with Crippen LogP contribution in [0.2, 0.25) is 0 Å². The fraction of sp³-hybridized carbons (Fsp3) is 0.889. The Kier molecular flexibility index (Phi) is 4.16. The number of nitrogens with zero attached hydrogens (tertiary/aromatic N) is 1. The first-order chi connectivity index (χ1) is 4.95. The summed E-state index contributed by atoms with van der Waals surface area (Å²) in [6, 6.07) is 0. The molecule has 0 rings (SSSR count). The van der Waals surface area contributed by atoms with E-state index in [0.717, 1.165) is 6.42 Å². The predicted octanol–water partition coefficient (Wildman–Crippen LogP) is 2.83. The normalized spacial score (nSPS) is 15.4. The van der Waals surface area contributed by atoms with Crippen molar-refractivity contribution in [1.82, 2.24) is 0 Å². The highest BCUT2D eigenvalue weighted by Crippen LogP contribution is 2.08. The molecule has 0 fully saturated rings. The lowest BCUT2D eigenvalue weighted by Crippen LogP contribution is -2.08. The van der Waals surface area contributed by atoms with E-state index < -0.39 is 0 Å². The molecule has 0 aromatic heterocycles. The molecule has 0 saturated carbocycles. The van der Waals surface area contributed by atoms with E-state index in [4.69, 9.17) is 4.84 Å². The van der Waals surface area contributed by atoms with Gasteiger partial charge in [0.1, 0.15) is 6.10 Å². The van der Waals surface area contributed by atoms with E-state index in [1.807, 2.05) is 13.1 Å². The molecule has 0 aromatic rings.